The molecule has 0 aliphatic carbocycles. The Morgan fingerprint density at radius 2 is 2.08 bits per heavy atom. The van der Waals surface area contributed by atoms with E-state index in [1.165, 1.54) is 0 Å². The van der Waals surface area contributed by atoms with Crippen molar-refractivity contribution >= 4 is 0 Å². The minimum Gasteiger partial charge on any atom is -0.388 e. The third kappa shape index (κ3) is 2.26. The zero-order valence-corrected chi connectivity index (χ0v) is 8.03. The van der Waals surface area contributed by atoms with E-state index in [2.05, 4.69) is 17.1 Å². The first-order valence-electron chi connectivity index (χ1n) is 4.34. The molecule has 1 aromatic rings. The topological polar surface area (TPSA) is 60.2 Å². The Bertz CT molecular complexity index is 260. The normalized spacial score (nSPS) is 10.7. The molecule has 0 spiro atoms. The van der Waals surface area contributed by atoms with Gasteiger partial charge in [-0.2, -0.15) is 0 Å². The Kier molecular flexibility index (Phi) is 3.85. The molecule has 13 heavy (non-hydrogen) atoms. The minimum atomic E-state index is -0.0727. The molecule has 0 aromatic carbocycles. The van der Waals surface area contributed by atoms with Gasteiger partial charge < -0.3 is 14.4 Å². The van der Waals surface area contributed by atoms with Crippen LogP contribution in [-0.4, -0.2) is 27.0 Å². The minimum absolute atomic E-state index is 0.0727. The van der Waals surface area contributed by atoms with Crippen molar-refractivity contribution in [1.82, 2.24) is 14.8 Å². The second-order valence-corrected chi connectivity index (χ2v) is 2.78. The van der Waals surface area contributed by atoms with Crippen LogP contribution in [0.1, 0.15) is 25.0 Å². The van der Waals surface area contributed by atoms with Crippen LogP contribution in [0.5, 0.6) is 0 Å². The van der Waals surface area contributed by atoms with E-state index in [4.69, 9.17) is 9.84 Å². The van der Waals surface area contributed by atoms with E-state index >= 15 is 0 Å². The van der Waals surface area contributed by atoms with E-state index in [0.717, 1.165) is 18.8 Å². The molecule has 1 aromatic heterocycles. The maximum atomic E-state index is 8.96. The summed E-state index contributed by atoms with van der Waals surface area (Å²) in [6.07, 6.45) is 0.988. The molecule has 1 N–H and O–H groups in total. The predicted octanol–water partition coefficient (Wildman–Crippen LogP) is 0.327. The summed E-state index contributed by atoms with van der Waals surface area (Å²) in [5.41, 5.74) is 0. The molecular weight excluding hydrogens is 170 g/mol. The number of hydrogen-bond acceptors (Lipinski definition) is 4. The van der Waals surface area contributed by atoms with Gasteiger partial charge in [0.25, 0.3) is 0 Å². The molecule has 5 nitrogen and oxygen atoms in total. The molecule has 0 aliphatic rings. The Morgan fingerprint density at radius 3 is 2.62 bits per heavy atom. The fourth-order valence-corrected chi connectivity index (χ4v) is 1.21. The molecular formula is C8H15N3O2. The van der Waals surface area contributed by atoms with E-state index in [1.54, 1.807) is 7.11 Å². The summed E-state index contributed by atoms with van der Waals surface area (Å²) in [4.78, 5) is 0. The molecule has 0 fully saturated rings. The molecule has 0 aliphatic heterocycles. The van der Waals surface area contributed by atoms with Crippen LogP contribution in [0.25, 0.3) is 0 Å². The second-order valence-electron chi connectivity index (χ2n) is 2.78. The SMILES string of the molecule is CCCn1c(CO)nnc1COC. The van der Waals surface area contributed by atoms with Crippen molar-refractivity contribution in [1.29, 1.82) is 0 Å². The Hall–Kier alpha value is -0.940. The number of aliphatic hydroxyl groups is 1. The maximum absolute atomic E-state index is 8.96. The summed E-state index contributed by atoms with van der Waals surface area (Å²) in [5, 5.41) is 16.7. The number of rotatable bonds is 5. The van der Waals surface area contributed by atoms with Gasteiger partial charge in [-0.25, -0.2) is 0 Å². The van der Waals surface area contributed by atoms with Crippen LogP contribution in [0.15, 0.2) is 0 Å². The summed E-state index contributed by atoms with van der Waals surface area (Å²) < 4.78 is 6.86. The van der Waals surface area contributed by atoms with Gasteiger partial charge in [0.1, 0.15) is 13.2 Å². The first kappa shape index (κ1) is 10.1. The largest absolute Gasteiger partial charge is 0.388 e. The van der Waals surface area contributed by atoms with Crippen molar-refractivity contribution in [2.75, 3.05) is 7.11 Å². The van der Waals surface area contributed by atoms with Crippen molar-refractivity contribution in [2.45, 2.75) is 33.1 Å². The lowest BCUT2D eigenvalue weighted by Gasteiger charge is -2.06. The van der Waals surface area contributed by atoms with Crippen molar-refractivity contribution in [2.24, 2.45) is 0 Å². The lowest BCUT2D eigenvalue weighted by atomic mass is 10.4. The predicted molar refractivity (Wildman–Crippen MR) is 46.9 cm³/mol. The van der Waals surface area contributed by atoms with Crippen molar-refractivity contribution < 1.29 is 9.84 Å². The highest BCUT2D eigenvalue weighted by molar-refractivity contribution is 4.93. The Labute approximate surface area is 77.4 Å². The molecule has 0 atom stereocenters. The monoisotopic (exact) mass is 185 g/mol. The molecule has 1 rings (SSSR count). The van der Waals surface area contributed by atoms with E-state index in [0.29, 0.717) is 12.4 Å². The number of nitrogens with zero attached hydrogens (tertiary/aromatic N) is 3. The number of aliphatic hydroxyl groups excluding tert-OH is 1. The van der Waals surface area contributed by atoms with E-state index in [-0.39, 0.29) is 6.61 Å². The van der Waals surface area contributed by atoms with Crippen molar-refractivity contribution in [3.8, 4) is 0 Å². The van der Waals surface area contributed by atoms with Gasteiger partial charge in [0, 0.05) is 13.7 Å². The first-order valence-corrected chi connectivity index (χ1v) is 4.34. The highest BCUT2D eigenvalue weighted by Crippen LogP contribution is 2.04. The average Bonchev–Trinajstić information content (AvgIpc) is 2.50. The third-order valence-corrected chi connectivity index (χ3v) is 1.77. The zero-order valence-electron chi connectivity index (χ0n) is 8.03. The molecule has 0 saturated carbocycles. The number of aromatic nitrogens is 3. The van der Waals surface area contributed by atoms with Crippen LogP contribution in [0.2, 0.25) is 0 Å². The standard InChI is InChI=1S/C8H15N3O2/c1-3-4-11-7(5-12)9-10-8(11)6-13-2/h12H,3-6H2,1-2H3. The molecule has 0 bridgehead atoms. The molecule has 0 radical (unpaired) electrons. The zero-order chi connectivity index (χ0) is 9.68. The molecule has 0 saturated heterocycles. The summed E-state index contributed by atoms with van der Waals surface area (Å²) >= 11 is 0. The lowest BCUT2D eigenvalue weighted by Crippen LogP contribution is -2.08. The summed E-state index contributed by atoms with van der Waals surface area (Å²) in [5.74, 6) is 1.38. The lowest BCUT2D eigenvalue weighted by molar-refractivity contribution is 0.172. The van der Waals surface area contributed by atoms with Crippen molar-refractivity contribution in [3.63, 3.8) is 0 Å². The van der Waals surface area contributed by atoms with Gasteiger partial charge in [-0.05, 0) is 6.42 Å². The number of methoxy groups -OCH3 is 1. The highest BCUT2D eigenvalue weighted by atomic mass is 16.5. The first-order chi connectivity index (χ1) is 6.33. The van der Waals surface area contributed by atoms with E-state index < -0.39 is 0 Å². The van der Waals surface area contributed by atoms with Crippen LogP contribution in [-0.2, 0) is 24.5 Å². The second kappa shape index (κ2) is 4.94. The highest BCUT2D eigenvalue weighted by Gasteiger charge is 2.09. The summed E-state index contributed by atoms with van der Waals surface area (Å²) in [6, 6.07) is 0. The van der Waals surface area contributed by atoms with E-state index in [1.807, 2.05) is 4.57 Å². The number of hydrogen-bond donors (Lipinski definition) is 1. The quantitative estimate of drug-likeness (QED) is 0.718. The molecule has 5 heteroatoms. The average molecular weight is 185 g/mol. The van der Waals surface area contributed by atoms with Crippen LogP contribution in [0.3, 0.4) is 0 Å². The van der Waals surface area contributed by atoms with Gasteiger partial charge in [-0.1, -0.05) is 6.92 Å². The van der Waals surface area contributed by atoms with Gasteiger partial charge in [0.15, 0.2) is 11.6 Å². The third-order valence-electron chi connectivity index (χ3n) is 1.77. The van der Waals surface area contributed by atoms with Gasteiger partial charge in [-0.15, -0.1) is 10.2 Å². The van der Waals surface area contributed by atoms with Gasteiger partial charge in [0.05, 0.1) is 0 Å². The van der Waals surface area contributed by atoms with Crippen molar-refractivity contribution in [3.05, 3.63) is 11.6 Å². The van der Waals surface area contributed by atoms with Gasteiger partial charge in [-0.3, -0.25) is 0 Å². The number of ether oxygens (including phenoxy) is 1. The fourth-order valence-electron chi connectivity index (χ4n) is 1.21. The van der Waals surface area contributed by atoms with Crippen LogP contribution in [0, 0.1) is 0 Å². The Morgan fingerprint density at radius 1 is 1.38 bits per heavy atom. The van der Waals surface area contributed by atoms with Gasteiger partial charge >= 0.3 is 0 Å². The molecule has 0 amide bonds. The van der Waals surface area contributed by atoms with E-state index in [9.17, 15) is 0 Å². The molecule has 74 valence electrons. The molecule has 1 heterocycles. The Balaban J connectivity index is 2.85. The van der Waals surface area contributed by atoms with Crippen LogP contribution < -0.4 is 0 Å². The smallest absolute Gasteiger partial charge is 0.159 e. The maximum Gasteiger partial charge on any atom is 0.159 e. The van der Waals surface area contributed by atoms with Crippen LogP contribution in [0.4, 0.5) is 0 Å². The van der Waals surface area contributed by atoms with Crippen LogP contribution >= 0.6 is 0 Å². The van der Waals surface area contributed by atoms with Gasteiger partial charge in [0.2, 0.25) is 0 Å². The summed E-state index contributed by atoms with van der Waals surface area (Å²) in [7, 11) is 1.61. The summed E-state index contributed by atoms with van der Waals surface area (Å²) in [6.45, 7) is 3.25. The molecule has 0 unspecified atom stereocenters. The fraction of sp³-hybridized carbons (Fsp3) is 0.750.